The van der Waals surface area contributed by atoms with Crippen molar-refractivity contribution in [3.63, 3.8) is 0 Å². The number of aromatic nitrogens is 2. The topological polar surface area (TPSA) is 26.9 Å². The molecule has 0 amide bonds. The molecule has 4 rings (SSSR count). The first-order valence-corrected chi connectivity index (χ1v) is 20.0. The fourth-order valence-corrected chi connectivity index (χ4v) is 22.0. The molecule has 0 aliphatic carbocycles. The molecule has 3 nitrogen and oxygen atoms in total. The van der Waals surface area contributed by atoms with Crippen molar-refractivity contribution >= 4 is 44.6 Å². The van der Waals surface area contributed by atoms with Gasteiger partial charge in [-0.05, 0) is 82.0 Å². The van der Waals surface area contributed by atoms with Crippen LogP contribution in [0.4, 0.5) is 8.78 Å². The molecule has 0 radical (unpaired) electrons. The highest BCUT2D eigenvalue weighted by Crippen LogP contribution is 2.45. The Morgan fingerprint density at radius 3 is 1.38 bits per heavy atom. The van der Waals surface area contributed by atoms with Gasteiger partial charge in [-0.3, -0.25) is 4.79 Å². The number of benzene rings is 2. The molecule has 0 aliphatic rings. The van der Waals surface area contributed by atoms with Crippen LogP contribution in [0.5, 0.6) is 0 Å². The van der Waals surface area contributed by atoms with Crippen LogP contribution in [-0.4, -0.2) is 31.2 Å². The first-order chi connectivity index (χ1) is 19.6. The number of hydrogen-bond acceptors (Lipinski definition) is 1. The summed E-state index contributed by atoms with van der Waals surface area (Å²) in [5.41, 5.74) is 5.57. The van der Waals surface area contributed by atoms with Gasteiger partial charge in [0.2, 0.25) is 0 Å². The van der Waals surface area contributed by atoms with E-state index in [1.165, 1.54) is 0 Å². The third-order valence-electron chi connectivity index (χ3n) is 10.0. The summed E-state index contributed by atoms with van der Waals surface area (Å²) < 4.78 is 33.2. The van der Waals surface area contributed by atoms with Crippen LogP contribution in [-0.2, 0) is 0 Å². The third-order valence-corrected chi connectivity index (χ3v) is 23.6. The monoisotopic (exact) mass is 610 g/mol. The highest BCUT2D eigenvalue weighted by atomic mass is 28.3. The Hall–Kier alpha value is -2.52. The summed E-state index contributed by atoms with van der Waals surface area (Å²) in [5.74, 6) is -0.508. The molecule has 7 heteroatoms. The van der Waals surface area contributed by atoms with E-state index in [0.717, 1.165) is 16.4 Å². The number of carbonyl (C=O) groups excluding carboxylic acids is 1. The second-order valence-electron chi connectivity index (χ2n) is 13.8. The first-order valence-electron chi connectivity index (χ1n) is 15.6. The van der Waals surface area contributed by atoms with Crippen LogP contribution in [0.2, 0.25) is 33.2 Å². The zero-order chi connectivity index (χ0) is 31.7. The second-order valence-corrected chi connectivity index (χ2v) is 25.2. The van der Waals surface area contributed by atoms with Gasteiger partial charge in [0.15, 0.2) is 22.8 Å². The van der Waals surface area contributed by atoms with Gasteiger partial charge >= 0.3 is 0 Å². The highest BCUT2D eigenvalue weighted by Gasteiger charge is 2.46. The number of halogens is 2. The molecular weight excluding hydrogens is 559 g/mol. The van der Waals surface area contributed by atoms with Crippen molar-refractivity contribution in [1.29, 1.82) is 0 Å². The molecular formula is C35H52F2N2OSi2. The minimum absolute atomic E-state index is 0.111. The van der Waals surface area contributed by atoms with Gasteiger partial charge in [0.25, 0.3) is 0 Å². The van der Waals surface area contributed by atoms with Crippen molar-refractivity contribution in [2.24, 2.45) is 0 Å². The molecule has 0 spiro atoms. The predicted molar refractivity (Wildman–Crippen MR) is 182 cm³/mol. The van der Waals surface area contributed by atoms with Crippen LogP contribution in [0.1, 0.15) is 93.4 Å². The number of fused-ring (bicyclic) bond motifs is 2. The van der Waals surface area contributed by atoms with Gasteiger partial charge in [-0.1, -0.05) is 89.2 Å². The summed E-state index contributed by atoms with van der Waals surface area (Å²) in [7, 11) is -3.69. The third kappa shape index (κ3) is 5.36. The first kappa shape index (κ1) is 34.0. The maximum atomic E-state index is 14.4. The largest absolute Gasteiger partial charge is 0.373 e. The summed E-state index contributed by atoms with van der Waals surface area (Å²) in [4.78, 5) is 11.0. The zero-order valence-electron chi connectivity index (χ0n) is 27.8. The van der Waals surface area contributed by atoms with Gasteiger partial charge < -0.3 is 8.47 Å². The molecule has 0 fully saturated rings. The van der Waals surface area contributed by atoms with Crippen LogP contribution in [0, 0.1) is 11.6 Å². The van der Waals surface area contributed by atoms with Crippen molar-refractivity contribution in [2.75, 3.05) is 0 Å². The summed E-state index contributed by atoms with van der Waals surface area (Å²) >= 11 is 0. The van der Waals surface area contributed by atoms with Crippen molar-refractivity contribution in [1.82, 2.24) is 8.47 Å². The molecule has 2 aromatic heterocycles. The number of nitrogens with zero attached hydrogens (tertiary/aromatic N) is 2. The van der Waals surface area contributed by atoms with E-state index in [2.05, 4.69) is 104 Å². The maximum Gasteiger partial charge on any atom is 0.169 e. The lowest BCUT2D eigenvalue weighted by molar-refractivity contribution is 0.112. The Balaban J connectivity index is 0.000000231. The lowest BCUT2D eigenvalue weighted by Gasteiger charge is -2.44. The number of hydrogen-bond donors (Lipinski definition) is 0. The highest BCUT2D eigenvalue weighted by molar-refractivity contribution is 6.83. The van der Waals surface area contributed by atoms with Gasteiger partial charge in [-0.2, -0.15) is 0 Å². The molecule has 2 aromatic carbocycles. The van der Waals surface area contributed by atoms with Crippen molar-refractivity contribution < 1.29 is 13.6 Å². The SMILES string of the molecule is CC(C)[Si](C(C)C)(C(C)C)n1ccc2c(F)c(C=O)ccc21.CC(C)[Si](C(C)C)(C(C)C)n1ccc2c(F)cccc21. The minimum Gasteiger partial charge on any atom is -0.373 e. The van der Waals surface area contributed by atoms with E-state index in [1.807, 2.05) is 30.5 Å². The lowest BCUT2D eigenvalue weighted by atomic mass is 10.1. The minimum atomic E-state index is -1.90. The smallest absolute Gasteiger partial charge is 0.169 e. The van der Waals surface area contributed by atoms with E-state index < -0.39 is 22.3 Å². The molecule has 0 bridgehead atoms. The number of carbonyl (C=O) groups is 1. The second kappa shape index (κ2) is 13.0. The van der Waals surface area contributed by atoms with E-state index in [1.54, 1.807) is 12.1 Å². The number of aldehydes is 1. The predicted octanol–water partition coefficient (Wildman–Crippen LogP) is 11.4. The average Bonchev–Trinajstić information content (AvgIpc) is 3.51. The Bertz CT molecular complexity index is 1470. The molecule has 4 aromatic rings. The molecule has 0 unspecified atom stereocenters. The van der Waals surface area contributed by atoms with Crippen LogP contribution >= 0.6 is 0 Å². The van der Waals surface area contributed by atoms with E-state index in [-0.39, 0.29) is 11.4 Å². The fourth-order valence-electron chi connectivity index (χ4n) is 8.76. The maximum absolute atomic E-state index is 14.4. The van der Waals surface area contributed by atoms with E-state index in [0.29, 0.717) is 44.9 Å². The summed E-state index contributed by atoms with van der Waals surface area (Å²) in [6, 6.07) is 12.7. The normalized spacial score (nSPS) is 13.0. The zero-order valence-corrected chi connectivity index (χ0v) is 29.8. The van der Waals surface area contributed by atoms with Gasteiger partial charge in [-0.15, -0.1) is 0 Å². The van der Waals surface area contributed by atoms with Crippen molar-refractivity contribution in [3.05, 3.63) is 72.1 Å². The standard InChI is InChI=1S/C18H26FNOSi.C17H26FNSi/c1-12(2)22(13(3)4,14(5)6)20-10-9-16-17(20)8-7-15(11-21)18(16)19;1-12(2)20(13(3)4,14(5)6)19-11-10-15-16(18)8-7-9-17(15)19/h7-14H,1-6H3;7-14H,1-6H3. The molecule has 0 atom stereocenters. The van der Waals surface area contributed by atoms with Gasteiger partial charge in [0, 0.05) is 21.8 Å². The summed E-state index contributed by atoms with van der Waals surface area (Å²) in [5, 5.41) is 1.31. The summed E-state index contributed by atoms with van der Waals surface area (Å²) in [6.07, 6.45) is 4.75. The average molecular weight is 611 g/mol. The Kier molecular flexibility index (Phi) is 10.5. The molecule has 0 saturated carbocycles. The van der Waals surface area contributed by atoms with E-state index >= 15 is 0 Å². The van der Waals surface area contributed by atoms with Crippen LogP contribution in [0.15, 0.2) is 54.9 Å². The van der Waals surface area contributed by atoms with Crippen molar-refractivity contribution in [2.45, 2.75) is 116 Å². The Labute approximate surface area is 254 Å². The molecule has 0 N–H and O–H groups in total. The van der Waals surface area contributed by atoms with Crippen LogP contribution in [0.25, 0.3) is 21.8 Å². The molecule has 0 saturated heterocycles. The summed E-state index contributed by atoms with van der Waals surface area (Å²) in [6.45, 7) is 27.7. The van der Waals surface area contributed by atoms with Crippen LogP contribution in [0.3, 0.4) is 0 Å². The Morgan fingerprint density at radius 1 is 0.571 bits per heavy atom. The molecule has 0 aliphatic heterocycles. The van der Waals surface area contributed by atoms with Gasteiger partial charge in [-0.25, -0.2) is 8.78 Å². The lowest BCUT2D eigenvalue weighted by Crippen LogP contribution is -2.51. The van der Waals surface area contributed by atoms with Gasteiger partial charge in [0.05, 0.1) is 5.56 Å². The quantitative estimate of drug-likeness (QED) is 0.137. The van der Waals surface area contributed by atoms with Gasteiger partial charge in [0.1, 0.15) is 11.6 Å². The number of rotatable bonds is 9. The fraction of sp³-hybridized carbons (Fsp3) is 0.514. The van der Waals surface area contributed by atoms with E-state index in [4.69, 9.17) is 0 Å². The molecule has 42 heavy (non-hydrogen) atoms. The van der Waals surface area contributed by atoms with Crippen LogP contribution < -0.4 is 0 Å². The van der Waals surface area contributed by atoms with E-state index in [9.17, 15) is 13.6 Å². The van der Waals surface area contributed by atoms with Crippen molar-refractivity contribution in [3.8, 4) is 0 Å². The Morgan fingerprint density at radius 2 is 0.976 bits per heavy atom. The molecule has 2 heterocycles. The molecule has 230 valence electrons.